The molecule has 10 heteroatoms. The van der Waals surface area contributed by atoms with Crippen molar-refractivity contribution in [2.24, 2.45) is 5.73 Å². The summed E-state index contributed by atoms with van der Waals surface area (Å²) in [6, 6.07) is 5.07. The Kier molecular flexibility index (Phi) is 10.2. The number of nitrogens with one attached hydrogen (secondary N) is 2. The first-order valence-corrected chi connectivity index (χ1v) is 10.5. The van der Waals surface area contributed by atoms with Gasteiger partial charge < -0.3 is 26.2 Å². The Bertz CT molecular complexity index is 903. The number of carbonyl (C=O) groups excluding carboxylic acids is 4. The summed E-state index contributed by atoms with van der Waals surface area (Å²) in [4.78, 5) is 50.9. The summed E-state index contributed by atoms with van der Waals surface area (Å²) in [7, 11) is 0. The van der Waals surface area contributed by atoms with Crippen molar-refractivity contribution in [1.29, 1.82) is 0 Å². The van der Waals surface area contributed by atoms with E-state index in [9.17, 15) is 24.3 Å². The third-order valence-electron chi connectivity index (χ3n) is 4.29. The maximum absolute atomic E-state index is 13.3. The van der Waals surface area contributed by atoms with Crippen LogP contribution in [0.5, 0.6) is 5.75 Å². The number of benzene rings is 1. The maximum Gasteiger partial charge on any atom is 0.408 e. The molecule has 5 N–H and O–H groups in total. The number of carbonyl (C=O) groups is 4. The Labute approximate surface area is 193 Å². The molecule has 0 saturated carbocycles. The monoisotopic (exact) mass is 460 g/mol. The number of ether oxygens (including phenoxy) is 1. The van der Waals surface area contributed by atoms with Crippen LogP contribution >= 0.6 is 0 Å². The highest BCUT2D eigenvalue weighted by Crippen LogP contribution is 2.25. The minimum Gasteiger partial charge on any atom is -0.508 e. The minimum atomic E-state index is -1.48. The van der Waals surface area contributed by atoms with Crippen LogP contribution in [0.4, 0.5) is 4.79 Å². The van der Waals surface area contributed by atoms with Crippen LogP contribution in [0.1, 0.15) is 58.6 Å². The molecule has 0 aliphatic carbocycles. The molecule has 1 aromatic carbocycles. The molecule has 33 heavy (non-hydrogen) atoms. The van der Waals surface area contributed by atoms with Crippen molar-refractivity contribution in [1.82, 2.24) is 15.5 Å². The molecule has 0 aliphatic heterocycles. The molecule has 2 unspecified atom stereocenters. The lowest BCUT2D eigenvalue weighted by molar-refractivity contribution is -0.139. The summed E-state index contributed by atoms with van der Waals surface area (Å²) < 4.78 is 5.15. The molecule has 0 heterocycles. The van der Waals surface area contributed by atoms with Crippen molar-refractivity contribution in [3.8, 4) is 18.2 Å². The van der Waals surface area contributed by atoms with Crippen molar-refractivity contribution in [3.63, 3.8) is 0 Å². The van der Waals surface area contributed by atoms with E-state index in [0.29, 0.717) is 13.0 Å². The molecule has 0 radical (unpaired) electrons. The number of hydrogen-bond donors (Lipinski definition) is 4. The van der Waals surface area contributed by atoms with Crippen molar-refractivity contribution in [3.05, 3.63) is 29.8 Å². The second kappa shape index (κ2) is 12.3. The van der Waals surface area contributed by atoms with Crippen LogP contribution in [0, 0.1) is 12.5 Å². The van der Waals surface area contributed by atoms with Crippen LogP contribution in [0.15, 0.2) is 24.3 Å². The summed E-state index contributed by atoms with van der Waals surface area (Å²) in [5, 5.41) is 14.9. The fourth-order valence-electron chi connectivity index (χ4n) is 2.88. The van der Waals surface area contributed by atoms with E-state index in [4.69, 9.17) is 16.9 Å². The number of alkyl carbamates (subject to hydrolysis) is 1. The van der Waals surface area contributed by atoms with Crippen LogP contribution < -0.4 is 16.4 Å². The third kappa shape index (κ3) is 9.11. The predicted octanol–water partition coefficient (Wildman–Crippen LogP) is 1.54. The molecule has 0 aromatic heterocycles. The molecule has 4 amide bonds. The zero-order valence-electron chi connectivity index (χ0n) is 19.4. The molecule has 1 rings (SSSR count). The first kappa shape index (κ1) is 27.3. The number of phenols is 1. The average molecular weight is 461 g/mol. The molecule has 0 aliphatic rings. The third-order valence-corrected chi connectivity index (χ3v) is 4.29. The fraction of sp³-hybridized carbons (Fsp3) is 0.478. The van der Waals surface area contributed by atoms with Gasteiger partial charge in [-0.2, -0.15) is 0 Å². The topological polar surface area (TPSA) is 151 Å². The Hall–Kier alpha value is -3.74. The van der Waals surface area contributed by atoms with Gasteiger partial charge in [0.05, 0.1) is 6.42 Å². The number of nitrogens with two attached hydrogens (primary N) is 1. The van der Waals surface area contributed by atoms with Crippen LogP contribution in [0.3, 0.4) is 0 Å². The van der Waals surface area contributed by atoms with Crippen LogP contribution in [0.25, 0.3) is 0 Å². The molecule has 10 nitrogen and oxygen atoms in total. The van der Waals surface area contributed by atoms with E-state index in [0.717, 1.165) is 11.3 Å². The smallest absolute Gasteiger partial charge is 0.408 e. The lowest BCUT2D eigenvalue weighted by atomic mass is 10.0. The second-order valence-corrected chi connectivity index (χ2v) is 8.35. The zero-order chi connectivity index (χ0) is 25.2. The van der Waals surface area contributed by atoms with Gasteiger partial charge in [-0.25, -0.2) is 4.79 Å². The number of rotatable bonds is 10. The zero-order valence-corrected chi connectivity index (χ0v) is 19.4. The summed E-state index contributed by atoms with van der Waals surface area (Å²) >= 11 is 0. The fourth-order valence-corrected chi connectivity index (χ4v) is 2.88. The molecular weight excluding hydrogens is 428 g/mol. The molecular formula is C23H32N4O6. The van der Waals surface area contributed by atoms with E-state index in [1.54, 1.807) is 20.8 Å². The normalized spacial score (nSPS) is 12.6. The van der Waals surface area contributed by atoms with Gasteiger partial charge in [-0.1, -0.05) is 31.9 Å². The summed E-state index contributed by atoms with van der Waals surface area (Å²) in [5.41, 5.74) is 4.64. The van der Waals surface area contributed by atoms with Gasteiger partial charge in [0.1, 0.15) is 23.4 Å². The minimum absolute atomic E-state index is 0.135. The van der Waals surface area contributed by atoms with Crippen LogP contribution in [-0.4, -0.2) is 52.0 Å². The van der Waals surface area contributed by atoms with E-state index in [1.165, 1.54) is 24.3 Å². The Morgan fingerprint density at radius 1 is 1.27 bits per heavy atom. The lowest BCUT2D eigenvalue weighted by Crippen LogP contribution is -2.52. The van der Waals surface area contributed by atoms with E-state index in [-0.39, 0.29) is 11.3 Å². The van der Waals surface area contributed by atoms with Crippen molar-refractivity contribution in [2.45, 2.75) is 64.6 Å². The molecule has 2 atom stereocenters. The Morgan fingerprint density at radius 3 is 2.45 bits per heavy atom. The number of amides is 4. The predicted molar refractivity (Wildman–Crippen MR) is 121 cm³/mol. The number of unbranched alkanes of at least 4 members (excludes halogenated alkanes) is 1. The number of terminal acetylenes is 1. The van der Waals surface area contributed by atoms with Crippen molar-refractivity contribution in [2.75, 3.05) is 6.54 Å². The summed E-state index contributed by atoms with van der Waals surface area (Å²) in [6.45, 7) is 7.18. The number of aromatic hydroxyl groups is 1. The van der Waals surface area contributed by atoms with E-state index >= 15 is 0 Å². The van der Waals surface area contributed by atoms with E-state index < -0.39 is 47.9 Å². The Balaban J connectivity index is 3.32. The number of nitrogens with zero attached hydrogens (tertiary/aromatic N) is 1. The molecule has 1 aromatic rings. The first-order valence-electron chi connectivity index (χ1n) is 10.5. The van der Waals surface area contributed by atoms with Crippen LogP contribution in [0.2, 0.25) is 0 Å². The van der Waals surface area contributed by atoms with E-state index in [1.807, 2.05) is 6.92 Å². The van der Waals surface area contributed by atoms with E-state index in [2.05, 4.69) is 16.7 Å². The van der Waals surface area contributed by atoms with Gasteiger partial charge in [-0.3, -0.25) is 19.3 Å². The number of phenolic OH excluding ortho intramolecular Hbond substituents is 1. The Morgan fingerprint density at radius 2 is 1.94 bits per heavy atom. The van der Waals surface area contributed by atoms with Gasteiger partial charge in [0, 0.05) is 12.6 Å². The SMILES string of the molecule is C#CN(C(=O)C(CC(N)=O)NC(=O)OC(C)(C)C)C(C(=O)NCCCC)c1cccc(O)c1. The molecule has 0 fully saturated rings. The van der Waals surface area contributed by atoms with Crippen molar-refractivity contribution >= 4 is 23.8 Å². The molecule has 180 valence electrons. The first-order chi connectivity index (χ1) is 15.4. The van der Waals surface area contributed by atoms with Crippen molar-refractivity contribution < 1.29 is 29.0 Å². The highest BCUT2D eigenvalue weighted by atomic mass is 16.6. The van der Waals surface area contributed by atoms with Gasteiger partial charge >= 0.3 is 6.09 Å². The highest BCUT2D eigenvalue weighted by Gasteiger charge is 2.36. The second-order valence-electron chi connectivity index (χ2n) is 8.35. The summed E-state index contributed by atoms with van der Waals surface area (Å²) in [6.07, 6.45) is 5.60. The maximum atomic E-state index is 13.3. The molecule has 0 saturated heterocycles. The molecule has 0 bridgehead atoms. The highest BCUT2D eigenvalue weighted by molar-refractivity contribution is 5.95. The number of hydrogen-bond acceptors (Lipinski definition) is 6. The summed E-state index contributed by atoms with van der Waals surface area (Å²) in [5.74, 6) is -2.51. The van der Waals surface area contributed by atoms with Crippen LogP contribution in [-0.2, 0) is 19.1 Å². The standard InChI is InChI=1S/C23H32N4O6/c1-6-8-12-25-20(30)19(15-10-9-11-16(28)13-15)27(7-2)21(31)17(14-18(24)29)26-22(32)33-23(3,4)5/h2,9-11,13,17,19,28H,6,8,12,14H2,1,3-5H3,(H2,24,29)(H,25,30)(H,26,32). The van der Waals surface area contributed by atoms with Gasteiger partial charge in [0.25, 0.3) is 5.91 Å². The van der Waals surface area contributed by atoms with Gasteiger partial charge in [-0.15, -0.1) is 0 Å². The average Bonchev–Trinajstić information content (AvgIpc) is 2.69. The number of primary amides is 1. The van der Waals surface area contributed by atoms with Gasteiger partial charge in [0.15, 0.2) is 0 Å². The van der Waals surface area contributed by atoms with Gasteiger partial charge in [-0.05, 0) is 44.9 Å². The van der Waals surface area contributed by atoms with Gasteiger partial charge in [0.2, 0.25) is 11.8 Å². The lowest BCUT2D eigenvalue weighted by Gasteiger charge is -2.30. The quantitative estimate of drug-likeness (QED) is 0.236. The largest absolute Gasteiger partial charge is 0.508 e. The molecule has 0 spiro atoms.